The molecule has 0 atom stereocenters. The van der Waals surface area contributed by atoms with E-state index in [0.717, 1.165) is 16.8 Å². The van der Waals surface area contributed by atoms with Crippen molar-refractivity contribution in [2.45, 2.75) is 19.8 Å². The molecule has 0 aliphatic rings. The Morgan fingerprint density at radius 2 is 1.66 bits per heavy atom. The number of hydrogen-bond acceptors (Lipinski definition) is 3. The topological polar surface area (TPSA) is 50.4 Å². The lowest BCUT2D eigenvalue weighted by molar-refractivity contribution is -0.274. The molecule has 4 nitrogen and oxygen atoms in total. The van der Waals surface area contributed by atoms with Crippen LogP contribution in [0.4, 0.5) is 24.5 Å². The Hall–Kier alpha value is -3.48. The first-order chi connectivity index (χ1) is 13.8. The molecular weight excluding hydrogens is 381 g/mol. The van der Waals surface area contributed by atoms with Crippen LogP contribution in [-0.2, 0) is 6.54 Å². The van der Waals surface area contributed by atoms with Gasteiger partial charge >= 0.3 is 6.36 Å². The van der Waals surface area contributed by atoms with Crippen LogP contribution in [0.5, 0.6) is 5.75 Å². The molecule has 0 aliphatic heterocycles. The number of hydrogen-bond donors (Lipinski definition) is 2. The highest BCUT2D eigenvalue weighted by atomic mass is 19.4. The van der Waals surface area contributed by atoms with Crippen molar-refractivity contribution < 1.29 is 22.7 Å². The summed E-state index contributed by atoms with van der Waals surface area (Å²) in [7, 11) is 0. The van der Waals surface area contributed by atoms with Crippen molar-refractivity contribution in [2.75, 3.05) is 10.6 Å². The van der Waals surface area contributed by atoms with Crippen molar-refractivity contribution in [1.82, 2.24) is 0 Å². The van der Waals surface area contributed by atoms with Gasteiger partial charge in [0, 0.05) is 23.5 Å². The lowest BCUT2D eigenvalue weighted by atomic mass is 10.1. The zero-order valence-electron chi connectivity index (χ0n) is 15.6. The van der Waals surface area contributed by atoms with Crippen molar-refractivity contribution in [1.29, 1.82) is 0 Å². The average molecular weight is 400 g/mol. The maximum absolute atomic E-state index is 12.3. The maximum atomic E-state index is 12.3. The second kappa shape index (κ2) is 8.68. The largest absolute Gasteiger partial charge is 0.573 e. The van der Waals surface area contributed by atoms with Gasteiger partial charge in [0.25, 0.3) is 5.91 Å². The second-order valence-corrected chi connectivity index (χ2v) is 6.40. The van der Waals surface area contributed by atoms with E-state index in [9.17, 15) is 18.0 Å². The summed E-state index contributed by atoms with van der Waals surface area (Å²) >= 11 is 0. The molecule has 0 saturated carbocycles. The molecule has 29 heavy (non-hydrogen) atoms. The van der Waals surface area contributed by atoms with E-state index in [1.807, 2.05) is 25.1 Å². The molecule has 2 N–H and O–H groups in total. The molecule has 0 heterocycles. The van der Waals surface area contributed by atoms with E-state index in [2.05, 4.69) is 15.4 Å². The van der Waals surface area contributed by atoms with Crippen molar-refractivity contribution in [3.63, 3.8) is 0 Å². The molecule has 0 bridgehead atoms. The minimum absolute atomic E-state index is 0.185. The van der Waals surface area contributed by atoms with E-state index < -0.39 is 6.36 Å². The molecule has 1 amide bonds. The zero-order valence-corrected chi connectivity index (χ0v) is 15.6. The Morgan fingerprint density at radius 3 is 2.28 bits per heavy atom. The van der Waals surface area contributed by atoms with Gasteiger partial charge in [-0.25, -0.2) is 0 Å². The number of benzene rings is 3. The molecule has 0 spiro atoms. The summed E-state index contributed by atoms with van der Waals surface area (Å²) in [5.41, 5.74) is 3.80. The smallest absolute Gasteiger partial charge is 0.406 e. The first kappa shape index (κ1) is 20.3. The molecule has 3 aromatic rings. The van der Waals surface area contributed by atoms with Gasteiger partial charge in [0.05, 0.1) is 0 Å². The van der Waals surface area contributed by atoms with Crippen LogP contribution in [-0.4, -0.2) is 12.3 Å². The Morgan fingerprint density at radius 1 is 0.966 bits per heavy atom. The number of ether oxygens (including phenoxy) is 1. The average Bonchev–Trinajstić information content (AvgIpc) is 2.69. The number of carbonyl (C=O) groups is 1. The molecular formula is C22H19F3N2O2. The summed E-state index contributed by atoms with van der Waals surface area (Å²) in [6.07, 6.45) is -4.70. The van der Waals surface area contributed by atoms with Crippen molar-refractivity contribution in [2.24, 2.45) is 0 Å². The molecule has 3 aromatic carbocycles. The van der Waals surface area contributed by atoms with Crippen LogP contribution in [0.25, 0.3) is 0 Å². The van der Waals surface area contributed by atoms with Crippen LogP contribution in [0.2, 0.25) is 0 Å². The normalized spacial score (nSPS) is 11.0. The number of anilines is 2. The summed E-state index contributed by atoms with van der Waals surface area (Å²) in [6, 6.07) is 20.1. The highest BCUT2D eigenvalue weighted by Gasteiger charge is 2.30. The molecule has 0 unspecified atom stereocenters. The van der Waals surface area contributed by atoms with E-state index in [-0.39, 0.29) is 11.7 Å². The Balaban J connectivity index is 1.58. The quantitative estimate of drug-likeness (QED) is 0.553. The number of carbonyl (C=O) groups excluding carboxylic acids is 1. The predicted octanol–water partition coefficient (Wildman–Crippen LogP) is 5.76. The van der Waals surface area contributed by atoms with Gasteiger partial charge in [0.2, 0.25) is 0 Å². The van der Waals surface area contributed by atoms with Crippen LogP contribution in [0.15, 0.2) is 72.8 Å². The predicted molar refractivity (Wildman–Crippen MR) is 106 cm³/mol. The van der Waals surface area contributed by atoms with Gasteiger partial charge in [-0.1, -0.05) is 30.3 Å². The number of alkyl halides is 3. The Labute approximate surface area is 166 Å². The summed E-state index contributed by atoms with van der Waals surface area (Å²) in [5, 5.41) is 6.09. The Kier molecular flexibility index (Phi) is 6.07. The summed E-state index contributed by atoms with van der Waals surface area (Å²) in [6.45, 7) is 2.32. The van der Waals surface area contributed by atoms with E-state index in [1.54, 1.807) is 42.5 Å². The highest BCUT2D eigenvalue weighted by molar-refractivity contribution is 6.04. The van der Waals surface area contributed by atoms with Gasteiger partial charge < -0.3 is 15.4 Å². The number of aryl methyl sites for hydroxylation is 1. The van der Waals surface area contributed by atoms with E-state index in [1.165, 1.54) is 12.1 Å². The summed E-state index contributed by atoms with van der Waals surface area (Å²) < 4.78 is 40.4. The van der Waals surface area contributed by atoms with Gasteiger partial charge in [-0.3, -0.25) is 4.79 Å². The molecule has 150 valence electrons. The van der Waals surface area contributed by atoms with Gasteiger partial charge in [0.15, 0.2) is 0 Å². The van der Waals surface area contributed by atoms with Crippen LogP contribution in [0.1, 0.15) is 21.5 Å². The van der Waals surface area contributed by atoms with Crippen LogP contribution in [0.3, 0.4) is 0 Å². The van der Waals surface area contributed by atoms with E-state index in [4.69, 9.17) is 0 Å². The number of amides is 1. The van der Waals surface area contributed by atoms with Gasteiger partial charge in [-0.15, -0.1) is 13.2 Å². The van der Waals surface area contributed by atoms with Crippen molar-refractivity contribution in [3.05, 3.63) is 89.5 Å². The fourth-order valence-corrected chi connectivity index (χ4v) is 2.71. The van der Waals surface area contributed by atoms with Gasteiger partial charge in [0.1, 0.15) is 5.75 Å². The maximum Gasteiger partial charge on any atom is 0.573 e. The molecule has 0 fully saturated rings. The molecule has 3 rings (SSSR count). The standard InChI is InChI=1S/C22H19F3N2O2/c1-15-13-18(9-12-20(15)27-21(28)17-5-3-2-4-6-17)26-14-16-7-10-19(11-8-16)29-22(23,24)25/h2-13,26H,14H2,1H3,(H,27,28). The van der Waals surface area contributed by atoms with Gasteiger partial charge in [-0.05, 0) is 60.5 Å². The molecule has 0 radical (unpaired) electrons. The third-order valence-electron chi connectivity index (χ3n) is 4.16. The fourth-order valence-electron chi connectivity index (χ4n) is 2.71. The summed E-state index contributed by atoms with van der Waals surface area (Å²) in [5.74, 6) is -0.439. The summed E-state index contributed by atoms with van der Waals surface area (Å²) in [4.78, 5) is 12.3. The van der Waals surface area contributed by atoms with Crippen molar-refractivity contribution >= 4 is 17.3 Å². The SMILES string of the molecule is Cc1cc(NCc2ccc(OC(F)(F)F)cc2)ccc1NC(=O)c1ccccc1. The molecule has 0 saturated heterocycles. The Bertz CT molecular complexity index is 972. The van der Waals surface area contributed by atoms with E-state index >= 15 is 0 Å². The van der Waals surface area contributed by atoms with Gasteiger partial charge in [-0.2, -0.15) is 0 Å². The third-order valence-corrected chi connectivity index (χ3v) is 4.16. The first-order valence-electron chi connectivity index (χ1n) is 8.86. The van der Waals surface area contributed by atoms with Crippen LogP contribution >= 0.6 is 0 Å². The van der Waals surface area contributed by atoms with Crippen LogP contribution < -0.4 is 15.4 Å². The minimum Gasteiger partial charge on any atom is -0.406 e. The zero-order chi connectivity index (χ0) is 20.9. The molecule has 0 aromatic heterocycles. The lowest BCUT2D eigenvalue weighted by Gasteiger charge is -2.13. The second-order valence-electron chi connectivity index (χ2n) is 6.40. The van der Waals surface area contributed by atoms with E-state index in [0.29, 0.717) is 17.8 Å². The number of rotatable bonds is 6. The molecule has 7 heteroatoms. The third kappa shape index (κ3) is 6.00. The first-order valence-corrected chi connectivity index (χ1v) is 8.86. The minimum atomic E-state index is -4.70. The van der Waals surface area contributed by atoms with Crippen LogP contribution in [0, 0.1) is 6.92 Å². The number of nitrogens with one attached hydrogen (secondary N) is 2. The monoisotopic (exact) mass is 400 g/mol. The highest BCUT2D eigenvalue weighted by Crippen LogP contribution is 2.24. The fraction of sp³-hybridized carbons (Fsp3) is 0.136. The molecule has 0 aliphatic carbocycles. The lowest BCUT2D eigenvalue weighted by Crippen LogP contribution is -2.17. The number of halogens is 3. The van der Waals surface area contributed by atoms with Crippen molar-refractivity contribution in [3.8, 4) is 5.75 Å².